The summed E-state index contributed by atoms with van der Waals surface area (Å²) in [5.74, 6) is 0. The van der Waals surface area contributed by atoms with Crippen LogP contribution in [0.15, 0.2) is 0 Å². The van der Waals surface area contributed by atoms with Gasteiger partial charge in [-0.25, -0.2) is 4.67 Å². The molecule has 0 aliphatic carbocycles. The van der Waals surface area contributed by atoms with Crippen molar-refractivity contribution in [2.24, 2.45) is 0 Å². The second kappa shape index (κ2) is 8.99. The molecular formula is C14H27N2O4P. The number of ether oxygens (including phenoxy) is 1. The summed E-state index contributed by atoms with van der Waals surface area (Å²) in [5.41, 5.74) is 0. The molecule has 122 valence electrons. The lowest BCUT2D eigenvalue weighted by molar-refractivity contribution is -0.0884. The Morgan fingerprint density at radius 2 is 2.00 bits per heavy atom. The van der Waals surface area contributed by atoms with Crippen molar-refractivity contribution < 1.29 is 18.9 Å². The van der Waals surface area contributed by atoms with Crippen molar-refractivity contribution in [3.63, 3.8) is 0 Å². The number of nitrogens with zero attached hydrogens (tertiary/aromatic N) is 2. The molecule has 1 aliphatic heterocycles. The molecule has 1 aliphatic rings. The molecule has 1 saturated heterocycles. The molecule has 0 aromatic rings. The van der Waals surface area contributed by atoms with E-state index in [9.17, 15) is 5.11 Å². The molecule has 0 spiro atoms. The van der Waals surface area contributed by atoms with Crippen LogP contribution in [0.5, 0.6) is 0 Å². The van der Waals surface area contributed by atoms with Crippen LogP contribution in [-0.2, 0) is 13.8 Å². The number of aliphatic hydroxyl groups is 1. The summed E-state index contributed by atoms with van der Waals surface area (Å²) in [6.07, 6.45) is -0.330. The van der Waals surface area contributed by atoms with E-state index in [0.29, 0.717) is 19.4 Å². The summed E-state index contributed by atoms with van der Waals surface area (Å²) in [6.45, 7) is 10.6. The minimum Gasteiger partial charge on any atom is -0.368 e. The highest BCUT2D eigenvalue weighted by molar-refractivity contribution is 7.44. The molecule has 0 bridgehead atoms. The molecule has 0 aromatic carbocycles. The normalized spacial score (nSPS) is 27.5. The van der Waals surface area contributed by atoms with Crippen molar-refractivity contribution in [1.29, 1.82) is 5.26 Å². The van der Waals surface area contributed by atoms with E-state index in [-0.39, 0.29) is 24.3 Å². The zero-order chi connectivity index (χ0) is 16.0. The first-order chi connectivity index (χ1) is 9.86. The van der Waals surface area contributed by atoms with Gasteiger partial charge in [0.1, 0.15) is 0 Å². The Balaban J connectivity index is 2.73. The summed E-state index contributed by atoms with van der Waals surface area (Å²) >= 11 is 0. The van der Waals surface area contributed by atoms with E-state index in [4.69, 9.17) is 19.0 Å². The van der Waals surface area contributed by atoms with Gasteiger partial charge in [-0.05, 0) is 34.6 Å². The highest BCUT2D eigenvalue weighted by atomic mass is 31.2. The number of hydrogen-bond donors (Lipinski definition) is 1. The van der Waals surface area contributed by atoms with E-state index in [1.54, 1.807) is 0 Å². The van der Waals surface area contributed by atoms with E-state index >= 15 is 0 Å². The van der Waals surface area contributed by atoms with E-state index in [0.717, 1.165) is 0 Å². The van der Waals surface area contributed by atoms with Gasteiger partial charge in [-0.2, -0.15) is 5.26 Å². The lowest BCUT2D eigenvalue weighted by atomic mass is 10.2. The van der Waals surface area contributed by atoms with Gasteiger partial charge in [-0.15, -0.1) is 0 Å². The maximum Gasteiger partial charge on any atom is 0.259 e. The van der Waals surface area contributed by atoms with Gasteiger partial charge in [0.25, 0.3) is 8.53 Å². The molecule has 4 atom stereocenters. The topological polar surface area (TPSA) is 75.0 Å². The lowest BCUT2D eigenvalue weighted by Crippen LogP contribution is -2.35. The average Bonchev–Trinajstić information content (AvgIpc) is 2.67. The standard InChI is InChI=1S/C14H27N2O4P/c1-10(2)16(11(3)4)21(18-8-6-7-15)20-13-9-14(17)19-12(13)5/h10-14,17H,6,8-9H2,1-5H3/t12-,13+,14?,21?/m1/s1. The Morgan fingerprint density at radius 1 is 1.38 bits per heavy atom. The first-order valence-electron chi connectivity index (χ1n) is 7.45. The largest absolute Gasteiger partial charge is 0.368 e. The summed E-state index contributed by atoms with van der Waals surface area (Å²) in [5, 5.41) is 18.2. The maximum atomic E-state index is 9.56. The smallest absolute Gasteiger partial charge is 0.259 e. The fourth-order valence-corrected chi connectivity index (χ4v) is 4.11. The van der Waals surface area contributed by atoms with Gasteiger partial charge in [0.15, 0.2) is 6.29 Å². The summed E-state index contributed by atoms with van der Waals surface area (Å²) in [6, 6.07) is 2.61. The van der Waals surface area contributed by atoms with Crippen molar-refractivity contribution in [2.75, 3.05) is 6.61 Å². The molecule has 1 heterocycles. The Labute approximate surface area is 128 Å². The van der Waals surface area contributed by atoms with Gasteiger partial charge in [0, 0.05) is 18.5 Å². The lowest BCUT2D eigenvalue weighted by Gasteiger charge is -2.37. The van der Waals surface area contributed by atoms with Crippen LogP contribution in [-0.4, -0.2) is 47.0 Å². The zero-order valence-electron chi connectivity index (χ0n) is 13.5. The number of aliphatic hydroxyl groups excluding tert-OH is 1. The third-order valence-electron chi connectivity index (χ3n) is 3.22. The predicted molar refractivity (Wildman–Crippen MR) is 81.3 cm³/mol. The first-order valence-corrected chi connectivity index (χ1v) is 8.58. The molecule has 0 radical (unpaired) electrons. The Morgan fingerprint density at radius 3 is 2.43 bits per heavy atom. The first kappa shape index (κ1) is 18.8. The van der Waals surface area contributed by atoms with Gasteiger partial charge in [0.05, 0.1) is 31.3 Å². The van der Waals surface area contributed by atoms with E-state index in [1.807, 2.05) is 6.92 Å². The van der Waals surface area contributed by atoms with Gasteiger partial charge in [-0.3, -0.25) is 0 Å². The molecule has 2 unspecified atom stereocenters. The van der Waals surface area contributed by atoms with Crippen LogP contribution >= 0.6 is 8.53 Å². The number of nitriles is 1. The highest BCUT2D eigenvalue weighted by Crippen LogP contribution is 2.48. The minimum atomic E-state index is -1.28. The fourth-order valence-electron chi connectivity index (χ4n) is 2.32. The highest BCUT2D eigenvalue weighted by Gasteiger charge is 2.37. The monoisotopic (exact) mass is 318 g/mol. The summed E-state index contributed by atoms with van der Waals surface area (Å²) < 4.78 is 19.4. The van der Waals surface area contributed by atoms with Crippen molar-refractivity contribution in [2.45, 2.75) is 78.0 Å². The van der Waals surface area contributed by atoms with E-state index < -0.39 is 14.8 Å². The van der Waals surface area contributed by atoms with Crippen LogP contribution in [0.3, 0.4) is 0 Å². The zero-order valence-corrected chi connectivity index (χ0v) is 14.4. The van der Waals surface area contributed by atoms with Crippen LogP contribution < -0.4 is 0 Å². The van der Waals surface area contributed by atoms with Crippen molar-refractivity contribution >= 4 is 8.53 Å². The van der Waals surface area contributed by atoms with Crippen LogP contribution in [0.4, 0.5) is 0 Å². The molecule has 0 amide bonds. The van der Waals surface area contributed by atoms with Crippen molar-refractivity contribution in [1.82, 2.24) is 4.67 Å². The minimum absolute atomic E-state index is 0.161. The number of hydrogen-bond acceptors (Lipinski definition) is 6. The second-order valence-corrected chi connectivity index (χ2v) is 7.13. The van der Waals surface area contributed by atoms with Crippen LogP contribution in [0, 0.1) is 11.3 Å². The third-order valence-corrected chi connectivity index (χ3v) is 5.37. The van der Waals surface area contributed by atoms with Crippen LogP contribution in [0.1, 0.15) is 47.5 Å². The number of rotatable bonds is 8. The molecule has 1 rings (SSSR count). The molecule has 1 N–H and O–H groups in total. The van der Waals surface area contributed by atoms with E-state index in [1.165, 1.54) is 0 Å². The Bertz CT molecular complexity index is 340. The fraction of sp³-hybridized carbons (Fsp3) is 0.929. The maximum absolute atomic E-state index is 9.56. The van der Waals surface area contributed by atoms with Gasteiger partial charge in [0.2, 0.25) is 0 Å². The van der Waals surface area contributed by atoms with Gasteiger partial charge in [-0.1, -0.05) is 0 Å². The summed E-state index contributed by atoms with van der Waals surface area (Å²) in [4.78, 5) is 0. The van der Waals surface area contributed by atoms with Crippen LogP contribution in [0.25, 0.3) is 0 Å². The Hall–Kier alpha value is -0.280. The average molecular weight is 318 g/mol. The third kappa shape index (κ3) is 5.78. The second-order valence-electron chi connectivity index (χ2n) is 5.72. The molecule has 6 nitrogen and oxygen atoms in total. The van der Waals surface area contributed by atoms with Gasteiger partial charge < -0.3 is 18.9 Å². The Kier molecular flexibility index (Phi) is 8.04. The molecule has 0 aromatic heterocycles. The molecular weight excluding hydrogens is 291 g/mol. The molecule has 21 heavy (non-hydrogen) atoms. The summed E-state index contributed by atoms with van der Waals surface area (Å²) in [7, 11) is -1.28. The van der Waals surface area contributed by atoms with Crippen molar-refractivity contribution in [3.05, 3.63) is 0 Å². The van der Waals surface area contributed by atoms with Crippen LogP contribution in [0.2, 0.25) is 0 Å². The predicted octanol–water partition coefficient (Wildman–Crippen LogP) is 2.77. The quantitative estimate of drug-likeness (QED) is 0.548. The molecule has 1 fully saturated rings. The van der Waals surface area contributed by atoms with Crippen molar-refractivity contribution in [3.8, 4) is 6.07 Å². The van der Waals surface area contributed by atoms with E-state index in [2.05, 4.69) is 38.4 Å². The molecule has 7 heteroatoms. The van der Waals surface area contributed by atoms with Gasteiger partial charge >= 0.3 is 0 Å². The SMILES string of the molecule is CC(C)N(C(C)C)P(OCCC#N)O[C@H]1CC(O)O[C@@H]1C. The molecule has 0 saturated carbocycles.